The van der Waals surface area contributed by atoms with Crippen molar-refractivity contribution in [1.82, 2.24) is 10.6 Å². The molecule has 0 heterocycles. The Bertz CT molecular complexity index is 2400. The molecule has 6 fully saturated rings. The number of hydrogen-bond donors (Lipinski definition) is 10. The molecule has 0 aromatic heterocycles. The van der Waals surface area contributed by atoms with E-state index in [-0.39, 0.29) is 105 Å². The summed E-state index contributed by atoms with van der Waals surface area (Å²) < 4.78 is 11.8. The molecule has 6 rings (SSSR count). The highest BCUT2D eigenvalue weighted by Crippen LogP contribution is 2.70. The number of nitrogens with two attached hydrogens (primary N) is 2. The summed E-state index contributed by atoms with van der Waals surface area (Å²) in [7, 11) is 0. The lowest BCUT2D eigenvalue weighted by Gasteiger charge is -2.61. The molecule has 0 aromatic carbocycles. The van der Waals surface area contributed by atoms with Gasteiger partial charge in [-0.3, -0.25) is 28.8 Å². The van der Waals surface area contributed by atoms with Crippen molar-refractivity contribution < 1.29 is 78.5 Å². The minimum absolute atomic E-state index is 0.0382. The van der Waals surface area contributed by atoms with E-state index >= 15 is 0 Å². The molecule has 0 unspecified atom stereocenters. The van der Waals surface area contributed by atoms with Crippen LogP contribution < -0.4 is 22.1 Å². The quantitative estimate of drug-likeness (QED) is 0.0413. The zero-order valence-corrected chi connectivity index (χ0v) is 57.1. The molecule has 20 nitrogen and oxygen atoms in total. The Morgan fingerprint density at radius 2 is 0.920 bits per heavy atom. The number of rotatable bonds is 21. The highest BCUT2D eigenvalue weighted by Gasteiger charge is 2.70. The van der Waals surface area contributed by atoms with Gasteiger partial charge in [-0.1, -0.05) is 95.2 Å². The zero-order chi connectivity index (χ0) is 67.4. The summed E-state index contributed by atoms with van der Waals surface area (Å²) in [5.41, 5.74) is 8.97. The Morgan fingerprint density at radius 1 is 0.614 bits per heavy atom. The Kier molecular flexibility index (Phi) is 25.5. The molecule has 6 saturated carbocycles. The van der Waals surface area contributed by atoms with E-state index < -0.39 is 91.8 Å². The Hall–Kier alpha value is -3.90. The molecule has 6 aliphatic rings. The minimum atomic E-state index is -2.27. The molecule has 0 saturated heterocycles. The number of carboxylic acids is 2. The van der Waals surface area contributed by atoms with Crippen molar-refractivity contribution in [2.45, 2.75) is 233 Å². The van der Waals surface area contributed by atoms with Crippen LogP contribution in [0.25, 0.3) is 0 Å². The number of ether oxygens (including phenoxy) is 2. The topological polar surface area (TPSA) is 353 Å². The summed E-state index contributed by atoms with van der Waals surface area (Å²) in [6.07, 6.45) is 3.81. The Morgan fingerprint density at radius 3 is 1.19 bits per heavy atom. The van der Waals surface area contributed by atoms with Gasteiger partial charge in [0.15, 0.2) is 12.2 Å². The second-order valence-corrected chi connectivity index (χ2v) is 33.1. The van der Waals surface area contributed by atoms with Gasteiger partial charge in [-0.05, 0) is 125 Å². The van der Waals surface area contributed by atoms with Crippen LogP contribution in [0.4, 0.5) is 0 Å². The number of aliphatic carboxylic acids is 2. The number of Topliss-reactive ketones (excluding diaryl/α,β-unsaturated/α-hetero) is 2. The SMILES string of the molecule is C=C[C@]1(C)C[C@@H](OC(=O)CSC(C)(C)CNC(=O)[C@H](N)C(C)C)[C@]2(C)[C@H](C)CC[C@]3(CCC(=O)[C@H]32)[C@@H](C)[C@@H]1O.C=C[C@]1(C)C[C@@H](OC(=O)CSC(C)(C)CNC(=O)[C@H](N)C(C)C)[C@]2(C)[C@H](C)CC[C@]3(CCC(=O)[C@H]32)[C@@H](C)[C@@H]1O.O=C(O)[C@H](O)[C@@H](O)C(=O)O. The molecule has 88 heavy (non-hydrogen) atoms. The first-order valence-corrected chi connectivity index (χ1v) is 33.6. The van der Waals surface area contributed by atoms with E-state index in [1.54, 1.807) is 0 Å². The number of amides is 2. The van der Waals surface area contributed by atoms with Gasteiger partial charge in [-0.25, -0.2) is 9.59 Å². The van der Waals surface area contributed by atoms with Crippen LogP contribution >= 0.6 is 23.5 Å². The monoisotopic (exact) mass is 1280 g/mol. The van der Waals surface area contributed by atoms with Crippen molar-refractivity contribution in [3.8, 4) is 0 Å². The van der Waals surface area contributed by atoms with Gasteiger partial charge in [0.25, 0.3) is 0 Å². The fraction of sp³-hybridized carbons (Fsp3) is 0.818. The standard InChI is InChI=1S/2C31H52N2O5S.C4H6O6/c2*1-10-29(8)15-22(38-23(35)16-39-28(6,7)17-33-27(37)24(32)18(2)3)30(9)19(4)11-13-31(20(5)26(29)36)14-12-21(34)25(30)31;5-1(3(7)8)2(6)4(9)10/h2*10,18-20,22,24-26,36H,1,11-17,32H2,2-9H3,(H,33,37);1-2,5-6H,(H,7,8)(H,9,10)/t2*19-,20+,22-,24-,25+,26+,29-,30+,31+;1-,2-/m111/s1. The summed E-state index contributed by atoms with van der Waals surface area (Å²) >= 11 is 2.86. The van der Waals surface area contributed by atoms with Crippen LogP contribution in [-0.2, 0) is 47.8 Å². The molecule has 502 valence electrons. The number of ketones is 2. The number of hydrogen-bond acceptors (Lipinski definition) is 18. The van der Waals surface area contributed by atoms with E-state index in [9.17, 15) is 48.6 Å². The molecule has 4 bridgehead atoms. The maximum atomic E-state index is 13.5. The van der Waals surface area contributed by atoms with E-state index in [4.69, 9.17) is 41.4 Å². The number of esters is 2. The van der Waals surface area contributed by atoms with Gasteiger partial charge in [-0.2, -0.15) is 0 Å². The first-order chi connectivity index (χ1) is 40.4. The molecular weight excluding hydrogens is 1170 g/mol. The van der Waals surface area contributed by atoms with Crippen molar-refractivity contribution in [2.24, 2.45) is 91.3 Å². The van der Waals surface area contributed by atoms with Gasteiger partial charge in [0.1, 0.15) is 23.8 Å². The van der Waals surface area contributed by atoms with E-state index in [2.05, 4.69) is 65.3 Å². The first-order valence-electron chi connectivity index (χ1n) is 31.6. The third-order valence-electron chi connectivity index (χ3n) is 22.5. The number of carbonyl (C=O) groups excluding carboxylic acids is 6. The van der Waals surface area contributed by atoms with E-state index in [0.29, 0.717) is 38.8 Å². The van der Waals surface area contributed by atoms with Gasteiger partial charge in [0, 0.05) is 68.9 Å². The molecule has 2 amide bonds. The van der Waals surface area contributed by atoms with Crippen molar-refractivity contribution in [1.29, 1.82) is 0 Å². The van der Waals surface area contributed by atoms with Gasteiger partial charge in [0.05, 0.1) is 35.8 Å². The largest absolute Gasteiger partial charge is 0.479 e. The molecule has 0 aromatic rings. The summed E-state index contributed by atoms with van der Waals surface area (Å²) in [5, 5.41) is 61.7. The van der Waals surface area contributed by atoms with Crippen LogP contribution in [0.2, 0.25) is 0 Å². The van der Waals surface area contributed by atoms with E-state index in [0.717, 1.165) is 38.5 Å². The van der Waals surface area contributed by atoms with Crippen LogP contribution in [0.5, 0.6) is 0 Å². The summed E-state index contributed by atoms with van der Waals surface area (Å²) in [6.45, 7) is 41.3. The molecule has 6 aliphatic carbocycles. The normalized spacial score (nSPS) is 36.7. The van der Waals surface area contributed by atoms with Gasteiger partial charge in [0.2, 0.25) is 11.8 Å². The van der Waals surface area contributed by atoms with E-state index in [1.165, 1.54) is 23.5 Å². The average Bonchev–Trinajstić information content (AvgIpc) is 1.40. The first kappa shape index (κ1) is 76.6. The second kappa shape index (κ2) is 29.4. The fourth-order valence-electron chi connectivity index (χ4n) is 15.7. The maximum absolute atomic E-state index is 13.5. The Balaban J connectivity index is 0.000000326. The summed E-state index contributed by atoms with van der Waals surface area (Å²) in [6, 6.07) is -1.15. The molecule has 22 heteroatoms. The van der Waals surface area contributed by atoms with Crippen LogP contribution in [0.1, 0.15) is 175 Å². The summed E-state index contributed by atoms with van der Waals surface area (Å²) in [5.74, 6) is -4.02. The van der Waals surface area contributed by atoms with Crippen LogP contribution in [0.15, 0.2) is 25.3 Å². The third kappa shape index (κ3) is 15.9. The zero-order valence-electron chi connectivity index (χ0n) is 55.4. The number of nitrogens with one attached hydrogen (secondary N) is 2. The highest BCUT2D eigenvalue weighted by molar-refractivity contribution is 8.01. The number of aliphatic hydroxyl groups excluding tert-OH is 4. The summed E-state index contributed by atoms with van der Waals surface area (Å²) in [4.78, 5) is 98.0. The Labute approximate surface area is 531 Å². The highest BCUT2D eigenvalue weighted by atomic mass is 32.2. The van der Waals surface area contributed by atoms with Crippen molar-refractivity contribution >= 4 is 70.8 Å². The van der Waals surface area contributed by atoms with Crippen LogP contribution in [0.3, 0.4) is 0 Å². The van der Waals surface area contributed by atoms with Crippen LogP contribution in [-0.4, -0.2) is 161 Å². The number of carboxylic acid groups (broad SMARTS) is 2. The predicted octanol–water partition coefficient (Wildman–Crippen LogP) is 6.89. The predicted molar refractivity (Wildman–Crippen MR) is 341 cm³/mol. The average molecular weight is 1280 g/mol. The molecule has 20 atom stereocenters. The smallest absolute Gasteiger partial charge is 0.335 e. The second-order valence-electron chi connectivity index (χ2n) is 29.8. The molecule has 0 spiro atoms. The fourth-order valence-corrected chi connectivity index (χ4v) is 17.2. The molecular formula is C66H110N4O16S2. The van der Waals surface area contributed by atoms with Gasteiger partial charge < -0.3 is 62.2 Å². The van der Waals surface area contributed by atoms with Crippen molar-refractivity contribution in [2.75, 3.05) is 24.6 Å². The number of carbonyl (C=O) groups is 8. The molecule has 0 radical (unpaired) electrons. The number of thioether (sulfide) groups is 2. The number of aliphatic hydroxyl groups is 4. The molecule has 0 aliphatic heterocycles. The lowest BCUT2D eigenvalue weighted by Crippen LogP contribution is -2.63. The lowest BCUT2D eigenvalue weighted by molar-refractivity contribution is -0.205. The minimum Gasteiger partial charge on any atom is -0.479 e. The third-order valence-corrected chi connectivity index (χ3v) is 25.1. The van der Waals surface area contributed by atoms with Crippen LogP contribution in [0, 0.1) is 79.8 Å². The van der Waals surface area contributed by atoms with Crippen molar-refractivity contribution in [3.05, 3.63) is 25.3 Å². The maximum Gasteiger partial charge on any atom is 0.335 e. The van der Waals surface area contributed by atoms with Crippen molar-refractivity contribution in [3.63, 3.8) is 0 Å². The van der Waals surface area contributed by atoms with Gasteiger partial charge in [-0.15, -0.1) is 36.7 Å². The van der Waals surface area contributed by atoms with E-state index in [1.807, 2.05) is 81.4 Å². The lowest BCUT2D eigenvalue weighted by atomic mass is 9.44. The van der Waals surface area contributed by atoms with Gasteiger partial charge >= 0.3 is 23.9 Å². The molecule has 12 N–H and O–H groups in total.